The number of rotatable bonds is 2. The highest BCUT2D eigenvalue weighted by Gasteiger charge is 2.16. The highest BCUT2D eigenvalue weighted by Crippen LogP contribution is 2.20. The van der Waals surface area contributed by atoms with Gasteiger partial charge in [-0.05, 0) is 30.5 Å². The molecule has 3 aromatic rings. The molecule has 0 saturated carbocycles. The zero-order chi connectivity index (χ0) is 14.4. The Hall–Kier alpha value is -2.17. The van der Waals surface area contributed by atoms with E-state index in [0.717, 1.165) is 11.3 Å². The summed E-state index contributed by atoms with van der Waals surface area (Å²) >= 11 is 0. The molecule has 1 aromatic carbocycles. The zero-order valence-corrected chi connectivity index (χ0v) is 11.7. The van der Waals surface area contributed by atoms with Crippen LogP contribution in [0.3, 0.4) is 0 Å². The number of hydrogen-bond donors (Lipinski definition) is 1. The van der Waals surface area contributed by atoms with Crippen LogP contribution in [0, 0.1) is 5.82 Å². The van der Waals surface area contributed by atoms with Gasteiger partial charge in [0.05, 0.1) is 16.7 Å². The minimum Gasteiger partial charge on any atom is -0.323 e. The van der Waals surface area contributed by atoms with Crippen molar-refractivity contribution in [1.82, 2.24) is 14.4 Å². The molecule has 0 radical (unpaired) electrons. The molecule has 5 heteroatoms. The van der Waals surface area contributed by atoms with Gasteiger partial charge in [0, 0.05) is 5.56 Å². The van der Waals surface area contributed by atoms with E-state index in [9.17, 15) is 9.18 Å². The fourth-order valence-electron chi connectivity index (χ4n) is 2.61. The average Bonchev–Trinajstić information content (AvgIpc) is 2.75. The molecule has 2 aromatic heterocycles. The molecule has 0 aliphatic carbocycles. The van der Waals surface area contributed by atoms with Crippen molar-refractivity contribution < 1.29 is 4.39 Å². The molecule has 0 spiro atoms. The van der Waals surface area contributed by atoms with Crippen LogP contribution in [0.25, 0.3) is 16.8 Å². The quantitative estimate of drug-likeness (QED) is 0.780. The molecule has 2 heterocycles. The van der Waals surface area contributed by atoms with Crippen LogP contribution in [0.15, 0.2) is 23.0 Å². The predicted molar refractivity (Wildman–Crippen MR) is 76.7 cm³/mol. The Morgan fingerprint density at radius 2 is 2.15 bits per heavy atom. The molecular weight excluding hydrogens is 257 g/mol. The third-order valence-electron chi connectivity index (χ3n) is 3.55. The number of nitrogens with zero attached hydrogens (tertiary/aromatic N) is 2. The van der Waals surface area contributed by atoms with Crippen molar-refractivity contribution in [3.05, 3.63) is 45.6 Å². The van der Waals surface area contributed by atoms with E-state index in [1.807, 2.05) is 20.8 Å². The first-order chi connectivity index (χ1) is 9.52. The largest absolute Gasteiger partial charge is 0.323 e. The Labute approximate surface area is 115 Å². The number of nitrogens with one attached hydrogen (secondary N) is 1. The van der Waals surface area contributed by atoms with Gasteiger partial charge in [-0.3, -0.25) is 4.79 Å². The first kappa shape index (κ1) is 12.8. The van der Waals surface area contributed by atoms with Crippen molar-refractivity contribution in [2.75, 3.05) is 0 Å². The summed E-state index contributed by atoms with van der Waals surface area (Å²) in [5.74, 6) is 0.305. The summed E-state index contributed by atoms with van der Waals surface area (Å²) in [7, 11) is 0. The molecule has 3 rings (SSSR count). The van der Waals surface area contributed by atoms with Crippen LogP contribution in [0.4, 0.5) is 4.39 Å². The average molecular weight is 273 g/mol. The van der Waals surface area contributed by atoms with Crippen LogP contribution < -0.4 is 5.56 Å². The minimum atomic E-state index is -0.336. The summed E-state index contributed by atoms with van der Waals surface area (Å²) in [5.41, 5.74) is 2.70. The van der Waals surface area contributed by atoms with Crippen LogP contribution in [0.2, 0.25) is 0 Å². The van der Waals surface area contributed by atoms with Crippen LogP contribution in [-0.4, -0.2) is 14.4 Å². The second kappa shape index (κ2) is 4.44. The number of benzene rings is 1. The summed E-state index contributed by atoms with van der Waals surface area (Å²) in [6.45, 7) is 5.98. The molecule has 0 aliphatic heterocycles. The van der Waals surface area contributed by atoms with Crippen molar-refractivity contribution >= 4 is 16.8 Å². The smallest absolute Gasteiger partial charge is 0.263 e. The number of imidazole rings is 1. The monoisotopic (exact) mass is 273 g/mol. The van der Waals surface area contributed by atoms with Crippen molar-refractivity contribution in [3.8, 4) is 0 Å². The number of fused-ring (bicyclic) bond motifs is 3. The second-order valence-electron chi connectivity index (χ2n) is 5.23. The first-order valence-electron chi connectivity index (χ1n) is 6.75. The van der Waals surface area contributed by atoms with Gasteiger partial charge in [-0.25, -0.2) is 13.8 Å². The van der Waals surface area contributed by atoms with E-state index in [4.69, 9.17) is 0 Å². The maximum Gasteiger partial charge on any atom is 0.263 e. The van der Waals surface area contributed by atoms with Crippen molar-refractivity contribution in [2.24, 2.45) is 0 Å². The molecule has 0 aliphatic rings. The molecule has 0 fully saturated rings. The highest BCUT2D eigenvalue weighted by molar-refractivity contribution is 5.79. The SMILES string of the molecule is CCc1c(C(C)C)nc2[nH]c3cc(F)ccc3n2c1=O. The van der Waals surface area contributed by atoms with E-state index < -0.39 is 0 Å². The molecule has 0 unspecified atom stereocenters. The Morgan fingerprint density at radius 3 is 2.80 bits per heavy atom. The second-order valence-corrected chi connectivity index (χ2v) is 5.23. The Balaban J connectivity index is 2.50. The Bertz CT molecular complexity index is 861. The van der Waals surface area contributed by atoms with Crippen molar-refractivity contribution in [3.63, 3.8) is 0 Å². The van der Waals surface area contributed by atoms with Crippen LogP contribution in [-0.2, 0) is 6.42 Å². The van der Waals surface area contributed by atoms with E-state index in [1.165, 1.54) is 16.5 Å². The number of aromatic nitrogens is 3. The molecular formula is C15H16FN3O. The summed E-state index contributed by atoms with van der Waals surface area (Å²) in [5, 5.41) is 0. The summed E-state index contributed by atoms with van der Waals surface area (Å²) in [6.07, 6.45) is 0.635. The number of halogens is 1. The third-order valence-corrected chi connectivity index (χ3v) is 3.55. The zero-order valence-electron chi connectivity index (χ0n) is 11.7. The molecule has 104 valence electrons. The Morgan fingerprint density at radius 1 is 1.40 bits per heavy atom. The predicted octanol–water partition coefficient (Wildman–Crippen LogP) is 3.00. The maximum atomic E-state index is 13.3. The maximum absolute atomic E-state index is 13.3. The van der Waals surface area contributed by atoms with E-state index in [0.29, 0.717) is 23.2 Å². The van der Waals surface area contributed by atoms with Crippen LogP contribution >= 0.6 is 0 Å². The number of hydrogen-bond acceptors (Lipinski definition) is 2. The standard InChI is InChI=1S/C15H16FN3O/c1-4-10-13(8(2)3)18-15-17-11-7-9(16)5-6-12(11)19(15)14(10)20/h5-8H,4H2,1-3H3,(H,17,18). The molecule has 0 saturated heterocycles. The Kier molecular flexibility index (Phi) is 2.85. The van der Waals surface area contributed by atoms with Crippen LogP contribution in [0.5, 0.6) is 0 Å². The summed E-state index contributed by atoms with van der Waals surface area (Å²) in [4.78, 5) is 20.2. The molecule has 20 heavy (non-hydrogen) atoms. The number of H-pyrrole nitrogens is 1. The lowest BCUT2D eigenvalue weighted by Gasteiger charge is -2.09. The summed E-state index contributed by atoms with van der Waals surface area (Å²) in [6, 6.07) is 4.33. The molecule has 1 N–H and O–H groups in total. The lowest BCUT2D eigenvalue weighted by atomic mass is 10.0. The molecule has 0 bridgehead atoms. The highest BCUT2D eigenvalue weighted by atomic mass is 19.1. The van der Waals surface area contributed by atoms with Gasteiger partial charge < -0.3 is 4.98 Å². The topological polar surface area (TPSA) is 50.2 Å². The van der Waals surface area contributed by atoms with Gasteiger partial charge in [0.15, 0.2) is 0 Å². The first-order valence-corrected chi connectivity index (χ1v) is 6.75. The van der Waals surface area contributed by atoms with Gasteiger partial charge in [-0.15, -0.1) is 0 Å². The summed E-state index contributed by atoms with van der Waals surface area (Å²) < 4.78 is 14.8. The third kappa shape index (κ3) is 1.73. The van der Waals surface area contributed by atoms with Crippen molar-refractivity contribution in [1.29, 1.82) is 0 Å². The molecule has 4 nitrogen and oxygen atoms in total. The minimum absolute atomic E-state index is 0.0703. The molecule has 0 atom stereocenters. The van der Waals surface area contributed by atoms with Gasteiger partial charge >= 0.3 is 0 Å². The van der Waals surface area contributed by atoms with Gasteiger partial charge in [0.1, 0.15) is 5.82 Å². The van der Waals surface area contributed by atoms with E-state index in [2.05, 4.69) is 9.97 Å². The lowest BCUT2D eigenvalue weighted by Crippen LogP contribution is -2.22. The van der Waals surface area contributed by atoms with Gasteiger partial charge in [-0.2, -0.15) is 0 Å². The fourth-order valence-corrected chi connectivity index (χ4v) is 2.61. The van der Waals surface area contributed by atoms with E-state index >= 15 is 0 Å². The van der Waals surface area contributed by atoms with E-state index in [-0.39, 0.29) is 17.3 Å². The van der Waals surface area contributed by atoms with E-state index in [1.54, 1.807) is 6.07 Å². The molecule has 0 amide bonds. The van der Waals surface area contributed by atoms with Crippen LogP contribution in [0.1, 0.15) is 37.9 Å². The number of aromatic amines is 1. The van der Waals surface area contributed by atoms with Gasteiger partial charge in [-0.1, -0.05) is 20.8 Å². The normalized spacial score (nSPS) is 11.8. The van der Waals surface area contributed by atoms with Gasteiger partial charge in [0.25, 0.3) is 5.56 Å². The van der Waals surface area contributed by atoms with Gasteiger partial charge in [0.2, 0.25) is 5.78 Å². The van der Waals surface area contributed by atoms with Crippen molar-refractivity contribution in [2.45, 2.75) is 33.1 Å². The lowest BCUT2D eigenvalue weighted by molar-refractivity contribution is 0.629. The fraction of sp³-hybridized carbons (Fsp3) is 0.333.